The lowest BCUT2D eigenvalue weighted by Crippen LogP contribution is -2.45. The van der Waals surface area contributed by atoms with Crippen molar-refractivity contribution in [2.75, 3.05) is 7.11 Å². The highest BCUT2D eigenvalue weighted by Crippen LogP contribution is 2.40. The van der Waals surface area contributed by atoms with Crippen molar-refractivity contribution >= 4 is 0 Å². The summed E-state index contributed by atoms with van der Waals surface area (Å²) >= 11 is 0. The van der Waals surface area contributed by atoms with Gasteiger partial charge in [-0.1, -0.05) is 25.3 Å². The number of ether oxygens (including phenoxy) is 1. The fourth-order valence-electron chi connectivity index (χ4n) is 2.83. The average molecular weight is 255 g/mol. The van der Waals surface area contributed by atoms with Crippen molar-refractivity contribution in [3.63, 3.8) is 0 Å². The number of nitrogens with two attached hydrogens (primary N) is 1. The maximum absolute atomic E-state index is 13.8. The van der Waals surface area contributed by atoms with E-state index in [2.05, 4.69) is 0 Å². The molecule has 1 unspecified atom stereocenters. The molecule has 2 rings (SSSR count). The molecule has 0 bridgehead atoms. The minimum atomic E-state index is -0.593. The van der Waals surface area contributed by atoms with Gasteiger partial charge in [0, 0.05) is 18.7 Å². The SMILES string of the molecule is COC1(C(N)c2ccc(F)cc2F)CCCCC1. The van der Waals surface area contributed by atoms with Crippen LogP contribution in [-0.4, -0.2) is 12.7 Å². The Balaban J connectivity index is 2.30. The molecule has 1 aliphatic rings. The molecule has 2 N–H and O–H groups in total. The van der Waals surface area contributed by atoms with Gasteiger partial charge in [0.1, 0.15) is 11.6 Å². The third kappa shape index (κ3) is 2.40. The average Bonchev–Trinajstić information content (AvgIpc) is 2.39. The second-order valence-corrected chi connectivity index (χ2v) is 4.97. The molecule has 0 spiro atoms. The fraction of sp³-hybridized carbons (Fsp3) is 0.571. The molecule has 0 aliphatic heterocycles. The summed E-state index contributed by atoms with van der Waals surface area (Å²) in [7, 11) is 1.62. The van der Waals surface area contributed by atoms with Gasteiger partial charge in [-0.05, 0) is 18.9 Å². The van der Waals surface area contributed by atoms with Crippen molar-refractivity contribution in [3.8, 4) is 0 Å². The fourth-order valence-corrected chi connectivity index (χ4v) is 2.83. The highest BCUT2D eigenvalue weighted by molar-refractivity contribution is 5.25. The molecular weight excluding hydrogens is 236 g/mol. The molecule has 0 saturated heterocycles. The number of halogens is 2. The van der Waals surface area contributed by atoms with Crippen LogP contribution in [0.1, 0.15) is 43.7 Å². The summed E-state index contributed by atoms with van der Waals surface area (Å²) in [4.78, 5) is 0. The maximum Gasteiger partial charge on any atom is 0.130 e. The zero-order valence-corrected chi connectivity index (χ0v) is 10.6. The van der Waals surface area contributed by atoms with Gasteiger partial charge in [-0.25, -0.2) is 8.78 Å². The van der Waals surface area contributed by atoms with Gasteiger partial charge in [0.2, 0.25) is 0 Å². The number of rotatable bonds is 3. The van der Waals surface area contributed by atoms with Crippen LogP contribution in [0, 0.1) is 11.6 Å². The maximum atomic E-state index is 13.8. The molecule has 1 fully saturated rings. The third-order valence-electron chi connectivity index (χ3n) is 3.97. The van der Waals surface area contributed by atoms with Crippen LogP contribution in [0.5, 0.6) is 0 Å². The van der Waals surface area contributed by atoms with Gasteiger partial charge in [0.05, 0.1) is 11.6 Å². The Labute approximate surface area is 106 Å². The van der Waals surface area contributed by atoms with Crippen LogP contribution in [0.25, 0.3) is 0 Å². The Morgan fingerprint density at radius 3 is 2.44 bits per heavy atom. The minimum Gasteiger partial charge on any atom is -0.376 e. The van der Waals surface area contributed by atoms with Crippen molar-refractivity contribution in [2.24, 2.45) is 5.73 Å². The lowest BCUT2D eigenvalue weighted by atomic mass is 9.77. The molecule has 1 aromatic carbocycles. The second kappa shape index (κ2) is 5.33. The summed E-state index contributed by atoms with van der Waals surface area (Å²) in [5, 5.41) is 0. The van der Waals surface area contributed by atoms with Gasteiger partial charge in [-0.15, -0.1) is 0 Å². The number of methoxy groups -OCH3 is 1. The largest absolute Gasteiger partial charge is 0.376 e. The van der Waals surface area contributed by atoms with E-state index in [-0.39, 0.29) is 0 Å². The van der Waals surface area contributed by atoms with Crippen LogP contribution >= 0.6 is 0 Å². The normalized spacial score (nSPS) is 20.7. The first-order chi connectivity index (χ1) is 8.59. The summed E-state index contributed by atoms with van der Waals surface area (Å²) < 4.78 is 32.3. The van der Waals surface area contributed by atoms with E-state index in [1.807, 2.05) is 0 Å². The molecule has 0 heterocycles. The summed E-state index contributed by atoms with van der Waals surface area (Å²) in [6.07, 6.45) is 4.86. The Morgan fingerprint density at radius 1 is 1.22 bits per heavy atom. The predicted octanol–water partition coefficient (Wildman–Crippen LogP) is 3.31. The molecule has 0 amide bonds. The van der Waals surface area contributed by atoms with Gasteiger partial charge in [0.25, 0.3) is 0 Å². The van der Waals surface area contributed by atoms with Gasteiger partial charge in [-0.2, -0.15) is 0 Å². The standard InChI is InChI=1S/C14H19F2NO/c1-18-14(7-3-2-4-8-14)13(17)11-6-5-10(15)9-12(11)16/h5-6,9,13H,2-4,7-8,17H2,1H3. The van der Waals surface area contributed by atoms with Gasteiger partial charge in [0.15, 0.2) is 0 Å². The lowest BCUT2D eigenvalue weighted by Gasteiger charge is -2.41. The quantitative estimate of drug-likeness (QED) is 0.899. The van der Waals surface area contributed by atoms with Gasteiger partial charge in [-0.3, -0.25) is 0 Å². The van der Waals surface area contributed by atoms with E-state index >= 15 is 0 Å². The monoisotopic (exact) mass is 255 g/mol. The zero-order valence-electron chi connectivity index (χ0n) is 10.6. The summed E-state index contributed by atoms with van der Waals surface area (Å²) in [5.41, 5.74) is 6.00. The van der Waals surface area contributed by atoms with E-state index in [0.717, 1.165) is 38.2 Å². The van der Waals surface area contributed by atoms with Crippen LogP contribution in [0.15, 0.2) is 18.2 Å². The first-order valence-electron chi connectivity index (χ1n) is 6.35. The molecular formula is C14H19F2NO. The topological polar surface area (TPSA) is 35.2 Å². The molecule has 0 aromatic heterocycles. The molecule has 100 valence electrons. The second-order valence-electron chi connectivity index (χ2n) is 4.97. The van der Waals surface area contributed by atoms with E-state index in [1.54, 1.807) is 7.11 Å². The van der Waals surface area contributed by atoms with Crippen LogP contribution in [0.2, 0.25) is 0 Å². The summed E-state index contributed by atoms with van der Waals surface area (Å²) in [5.74, 6) is -1.18. The Kier molecular flexibility index (Phi) is 3.97. The van der Waals surface area contributed by atoms with E-state index < -0.39 is 23.3 Å². The Morgan fingerprint density at radius 2 is 1.89 bits per heavy atom. The van der Waals surface area contributed by atoms with Crippen molar-refractivity contribution in [1.29, 1.82) is 0 Å². The van der Waals surface area contributed by atoms with Crippen molar-refractivity contribution in [1.82, 2.24) is 0 Å². The summed E-state index contributed by atoms with van der Waals surface area (Å²) in [6.45, 7) is 0. The molecule has 0 radical (unpaired) electrons. The third-order valence-corrected chi connectivity index (χ3v) is 3.97. The van der Waals surface area contributed by atoms with Crippen LogP contribution < -0.4 is 5.73 Å². The van der Waals surface area contributed by atoms with E-state index in [0.29, 0.717) is 5.56 Å². The van der Waals surface area contributed by atoms with Gasteiger partial charge >= 0.3 is 0 Å². The summed E-state index contributed by atoms with van der Waals surface area (Å²) in [6, 6.07) is 2.99. The first-order valence-corrected chi connectivity index (χ1v) is 6.35. The van der Waals surface area contributed by atoms with Crippen LogP contribution in [0.4, 0.5) is 8.78 Å². The smallest absolute Gasteiger partial charge is 0.130 e. The number of hydrogen-bond acceptors (Lipinski definition) is 2. The van der Waals surface area contributed by atoms with Crippen molar-refractivity contribution < 1.29 is 13.5 Å². The van der Waals surface area contributed by atoms with E-state index in [1.165, 1.54) is 12.1 Å². The predicted molar refractivity (Wildman–Crippen MR) is 66.1 cm³/mol. The molecule has 4 heteroatoms. The first kappa shape index (κ1) is 13.4. The van der Waals surface area contributed by atoms with Crippen LogP contribution in [-0.2, 0) is 4.74 Å². The molecule has 1 saturated carbocycles. The van der Waals surface area contributed by atoms with Gasteiger partial charge < -0.3 is 10.5 Å². The number of benzene rings is 1. The Bertz CT molecular complexity index is 416. The van der Waals surface area contributed by atoms with E-state index in [4.69, 9.17) is 10.5 Å². The highest BCUT2D eigenvalue weighted by Gasteiger charge is 2.39. The minimum absolute atomic E-state index is 0.333. The van der Waals surface area contributed by atoms with Crippen molar-refractivity contribution in [2.45, 2.75) is 43.7 Å². The molecule has 1 atom stereocenters. The number of hydrogen-bond donors (Lipinski definition) is 1. The van der Waals surface area contributed by atoms with E-state index in [9.17, 15) is 8.78 Å². The molecule has 1 aromatic rings. The molecule has 18 heavy (non-hydrogen) atoms. The van der Waals surface area contributed by atoms with Crippen molar-refractivity contribution in [3.05, 3.63) is 35.4 Å². The highest BCUT2D eigenvalue weighted by atomic mass is 19.1. The lowest BCUT2D eigenvalue weighted by molar-refractivity contribution is -0.0602. The Hall–Kier alpha value is -1.00. The van der Waals surface area contributed by atoms with Crippen LogP contribution in [0.3, 0.4) is 0 Å². The zero-order chi connectivity index (χ0) is 13.2. The molecule has 1 aliphatic carbocycles. The molecule has 2 nitrogen and oxygen atoms in total.